The minimum absolute atomic E-state index is 0. The van der Waals surface area contributed by atoms with Crippen LogP contribution < -0.4 is 10.5 Å². The molecule has 0 radical (unpaired) electrons. The normalized spacial score (nSPS) is 11.4. The van der Waals surface area contributed by atoms with E-state index >= 15 is 0 Å². The lowest BCUT2D eigenvalue weighted by Crippen LogP contribution is -2.18. The van der Waals surface area contributed by atoms with E-state index in [-0.39, 0.29) is 18.4 Å². The Kier molecular flexibility index (Phi) is 5.99. The van der Waals surface area contributed by atoms with Crippen LogP contribution in [-0.4, -0.2) is 6.61 Å². The second kappa shape index (κ2) is 7.27. The molecule has 0 aromatic heterocycles. The Hall–Kier alpha value is -1.22. The van der Waals surface area contributed by atoms with Crippen molar-refractivity contribution in [2.24, 2.45) is 5.73 Å². The van der Waals surface area contributed by atoms with E-state index in [0.717, 1.165) is 11.3 Å². The van der Waals surface area contributed by atoms with Gasteiger partial charge in [-0.15, -0.1) is 12.4 Å². The van der Waals surface area contributed by atoms with Crippen LogP contribution >= 0.6 is 24.0 Å². The quantitative estimate of drug-likeness (QED) is 0.925. The molecular formula is C14H15Cl2NO. The number of para-hydroxylation sites is 1. The molecule has 4 heteroatoms. The molecule has 2 aromatic rings. The van der Waals surface area contributed by atoms with Gasteiger partial charge in [-0.3, -0.25) is 0 Å². The predicted molar refractivity (Wildman–Crippen MR) is 77.6 cm³/mol. The first kappa shape index (κ1) is 14.8. The SMILES string of the molecule is Cl.NC(COc1ccccc1)c1ccc(Cl)cc1. The van der Waals surface area contributed by atoms with E-state index in [0.29, 0.717) is 11.6 Å². The molecule has 1 unspecified atom stereocenters. The first-order valence-electron chi connectivity index (χ1n) is 5.44. The number of benzene rings is 2. The second-order valence-corrected chi connectivity index (χ2v) is 4.22. The molecule has 0 saturated heterocycles. The lowest BCUT2D eigenvalue weighted by molar-refractivity contribution is 0.290. The van der Waals surface area contributed by atoms with Crippen LogP contribution in [0.2, 0.25) is 5.02 Å². The van der Waals surface area contributed by atoms with Gasteiger partial charge in [-0.25, -0.2) is 0 Å². The Morgan fingerprint density at radius 2 is 1.61 bits per heavy atom. The van der Waals surface area contributed by atoms with Crippen molar-refractivity contribution in [3.8, 4) is 5.75 Å². The molecule has 0 heterocycles. The van der Waals surface area contributed by atoms with Crippen molar-refractivity contribution in [2.45, 2.75) is 6.04 Å². The first-order valence-corrected chi connectivity index (χ1v) is 5.82. The Morgan fingerprint density at radius 3 is 2.22 bits per heavy atom. The summed E-state index contributed by atoms with van der Waals surface area (Å²) < 4.78 is 5.59. The monoisotopic (exact) mass is 283 g/mol. The van der Waals surface area contributed by atoms with Crippen LogP contribution in [-0.2, 0) is 0 Å². The summed E-state index contributed by atoms with van der Waals surface area (Å²) in [5.74, 6) is 0.830. The summed E-state index contributed by atoms with van der Waals surface area (Å²) in [6.07, 6.45) is 0. The molecule has 1 atom stereocenters. The molecule has 0 aliphatic carbocycles. The van der Waals surface area contributed by atoms with Crippen molar-refractivity contribution >= 4 is 24.0 Å². The summed E-state index contributed by atoms with van der Waals surface area (Å²) >= 11 is 5.82. The van der Waals surface area contributed by atoms with Crippen LogP contribution in [0.1, 0.15) is 11.6 Å². The topological polar surface area (TPSA) is 35.2 Å². The molecule has 2 rings (SSSR count). The van der Waals surface area contributed by atoms with E-state index in [1.165, 1.54) is 0 Å². The maximum absolute atomic E-state index is 6.02. The third-order valence-corrected chi connectivity index (χ3v) is 2.72. The summed E-state index contributed by atoms with van der Waals surface area (Å²) in [6.45, 7) is 0.450. The van der Waals surface area contributed by atoms with E-state index in [2.05, 4.69) is 0 Å². The van der Waals surface area contributed by atoms with Gasteiger partial charge >= 0.3 is 0 Å². The van der Waals surface area contributed by atoms with Crippen molar-refractivity contribution in [1.82, 2.24) is 0 Å². The number of nitrogens with two attached hydrogens (primary N) is 1. The zero-order valence-corrected chi connectivity index (χ0v) is 11.3. The Morgan fingerprint density at radius 1 is 1.00 bits per heavy atom. The predicted octanol–water partition coefficient (Wildman–Crippen LogP) is 3.84. The van der Waals surface area contributed by atoms with Gasteiger partial charge in [0.1, 0.15) is 12.4 Å². The van der Waals surface area contributed by atoms with E-state index in [1.807, 2.05) is 54.6 Å². The minimum Gasteiger partial charge on any atom is -0.492 e. The van der Waals surface area contributed by atoms with Crippen LogP contribution in [0.15, 0.2) is 54.6 Å². The highest BCUT2D eigenvalue weighted by Gasteiger charge is 2.06. The molecule has 2 N–H and O–H groups in total. The smallest absolute Gasteiger partial charge is 0.119 e. The standard InChI is InChI=1S/C14H14ClNO.ClH/c15-12-8-6-11(7-9-12)14(16)10-17-13-4-2-1-3-5-13;/h1-9,14H,10,16H2;1H. The molecule has 96 valence electrons. The molecule has 2 nitrogen and oxygen atoms in total. The molecule has 2 aromatic carbocycles. The van der Waals surface area contributed by atoms with Gasteiger partial charge in [-0.05, 0) is 29.8 Å². The number of rotatable bonds is 4. The third kappa shape index (κ3) is 4.22. The minimum atomic E-state index is -0.146. The fraction of sp³-hybridized carbons (Fsp3) is 0.143. The molecule has 0 spiro atoms. The molecule has 18 heavy (non-hydrogen) atoms. The summed E-state index contributed by atoms with van der Waals surface area (Å²) in [5.41, 5.74) is 7.04. The van der Waals surface area contributed by atoms with Gasteiger partial charge in [0.25, 0.3) is 0 Å². The molecule has 0 saturated carbocycles. The fourth-order valence-electron chi connectivity index (χ4n) is 1.51. The van der Waals surface area contributed by atoms with Crippen molar-refractivity contribution in [3.63, 3.8) is 0 Å². The van der Waals surface area contributed by atoms with E-state index < -0.39 is 0 Å². The lowest BCUT2D eigenvalue weighted by atomic mass is 10.1. The van der Waals surface area contributed by atoms with E-state index in [4.69, 9.17) is 22.1 Å². The zero-order chi connectivity index (χ0) is 12.1. The Labute approximate surface area is 118 Å². The number of ether oxygens (including phenoxy) is 1. The third-order valence-electron chi connectivity index (χ3n) is 2.47. The number of hydrogen-bond donors (Lipinski definition) is 1. The first-order chi connectivity index (χ1) is 8.25. The average molecular weight is 284 g/mol. The van der Waals surface area contributed by atoms with Crippen LogP contribution in [0.5, 0.6) is 5.75 Å². The molecule has 0 bridgehead atoms. The Bertz CT molecular complexity index is 459. The lowest BCUT2D eigenvalue weighted by Gasteiger charge is -2.13. The Balaban J connectivity index is 0.00000162. The molecule has 0 aliphatic rings. The largest absolute Gasteiger partial charge is 0.492 e. The number of hydrogen-bond acceptors (Lipinski definition) is 2. The van der Waals surface area contributed by atoms with Crippen molar-refractivity contribution < 1.29 is 4.74 Å². The van der Waals surface area contributed by atoms with Gasteiger partial charge in [0.15, 0.2) is 0 Å². The second-order valence-electron chi connectivity index (χ2n) is 3.78. The van der Waals surface area contributed by atoms with Crippen molar-refractivity contribution in [1.29, 1.82) is 0 Å². The van der Waals surface area contributed by atoms with Crippen LogP contribution in [0, 0.1) is 0 Å². The van der Waals surface area contributed by atoms with Crippen LogP contribution in [0.25, 0.3) is 0 Å². The van der Waals surface area contributed by atoms with Crippen molar-refractivity contribution in [3.05, 3.63) is 65.2 Å². The summed E-state index contributed by atoms with van der Waals surface area (Å²) in [7, 11) is 0. The zero-order valence-electron chi connectivity index (χ0n) is 9.75. The van der Waals surface area contributed by atoms with Gasteiger partial charge in [-0.2, -0.15) is 0 Å². The van der Waals surface area contributed by atoms with E-state index in [1.54, 1.807) is 0 Å². The summed E-state index contributed by atoms with van der Waals surface area (Å²) in [4.78, 5) is 0. The van der Waals surface area contributed by atoms with Gasteiger partial charge in [0.2, 0.25) is 0 Å². The maximum atomic E-state index is 6.02. The van der Waals surface area contributed by atoms with Crippen LogP contribution in [0.3, 0.4) is 0 Å². The highest BCUT2D eigenvalue weighted by Crippen LogP contribution is 2.16. The highest BCUT2D eigenvalue weighted by molar-refractivity contribution is 6.30. The van der Waals surface area contributed by atoms with E-state index in [9.17, 15) is 0 Å². The molecule has 0 aliphatic heterocycles. The van der Waals surface area contributed by atoms with Crippen molar-refractivity contribution in [2.75, 3.05) is 6.61 Å². The summed E-state index contributed by atoms with van der Waals surface area (Å²) in [5, 5.41) is 0.713. The average Bonchev–Trinajstić information content (AvgIpc) is 2.38. The van der Waals surface area contributed by atoms with Gasteiger partial charge in [0, 0.05) is 5.02 Å². The molecular weight excluding hydrogens is 269 g/mol. The highest BCUT2D eigenvalue weighted by atomic mass is 35.5. The summed E-state index contributed by atoms with van der Waals surface area (Å²) in [6, 6.07) is 17.0. The van der Waals surface area contributed by atoms with Gasteiger partial charge < -0.3 is 10.5 Å². The maximum Gasteiger partial charge on any atom is 0.119 e. The number of halogens is 2. The van der Waals surface area contributed by atoms with Gasteiger partial charge in [0.05, 0.1) is 6.04 Å². The van der Waals surface area contributed by atoms with Crippen LogP contribution in [0.4, 0.5) is 0 Å². The van der Waals surface area contributed by atoms with Gasteiger partial charge in [-0.1, -0.05) is 41.9 Å². The molecule has 0 amide bonds. The molecule has 0 fully saturated rings. The fourth-order valence-corrected chi connectivity index (χ4v) is 1.63.